The number of hydrogen-bond donors (Lipinski definition) is 0. The number of rotatable bonds is 2. The summed E-state index contributed by atoms with van der Waals surface area (Å²) in [5.74, 6) is 0.704. The van der Waals surface area contributed by atoms with E-state index in [1.807, 2.05) is 24.3 Å². The van der Waals surface area contributed by atoms with Crippen LogP contribution in [0, 0.1) is 11.3 Å². The van der Waals surface area contributed by atoms with Gasteiger partial charge in [0.05, 0.1) is 5.69 Å². The molecule has 1 aliphatic heterocycles. The Morgan fingerprint density at radius 2 is 1.75 bits per heavy atom. The summed E-state index contributed by atoms with van der Waals surface area (Å²) in [6, 6.07) is 9.86. The van der Waals surface area contributed by atoms with Crippen LogP contribution in [0.2, 0.25) is 0 Å². The molecule has 1 fully saturated rings. The Hall–Kier alpha value is -1.87. The zero-order chi connectivity index (χ0) is 13.9. The number of hydrogen-bond acceptors (Lipinski definition) is 4. The third-order valence-electron chi connectivity index (χ3n) is 3.42. The van der Waals surface area contributed by atoms with Crippen molar-refractivity contribution in [3.63, 3.8) is 0 Å². The van der Waals surface area contributed by atoms with E-state index in [2.05, 4.69) is 37.1 Å². The lowest BCUT2D eigenvalue weighted by Gasteiger charge is -2.26. The summed E-state index contributed by atoms with van der Waals surface area (Å²) in [5, 5.41) is 18.0. The van der Waals surface area contributed by atoms with E-state index >= 15 is 0 Å². The van der Waals surface area contributed by atoms with Gasteiger partial charge in [-0.2, -0.15) is 5.26 Å². The van der Waals surface area contributed by atoms with E-state index in [-0.39, 0.29) is 0 Å². The molecule has 6 heteroatoms. The lowest BCUT2D eigenvalue weighted by molar-refractivity contribution is 0.571. The Morgan fingerprint density at radius 1 is 1.05 bits per heavy atom. The zero-order valence-corrected chi connectivity index (χ0v) is 12.5. The van der Waals surface area contributed by atoms with Crippen molar-refractivity contribution in [2.45, 2.75) is 19.3 Å². The summed E-state index contributed by atoms with van der Waals surface area (Å²) in [7, 11) is 0. The van der Waals surface area contributed by atoms with Crippen LogP contribution in [0.3, 0.4) is 0 Å². The fraction of sp³-hybridized carbons (Fsp3) is 0.357. The van der Waals surface area contributed by atoms with Gasteiger partial charge < -0.3 is 4.90 Å². The highest BCUT2D eigenvalue weighted by Crippen LogP contribution is 2.22. The van der Waals surface area contributed by atoms with Crippen molar-refractivity contribution in [3.8, 4) is 11.8 Å². The SMILES string of the molecule is N#Cc1nn(-c2ccc(Br)cc2)nc1N1CCCCC1. The van der Waals surface area contributed by atoms with Gasteiger partial charge in [0.25, 0.3) is 0 Å². The van der Waals surface area contributed by atoms with Crippen LogP contribution in [-0.4, -0.2) is 28.1 Å². The van der Waals surface area contributed by atoms with Crippen LogP contribution >= 0.6 is 15.9 Å². The normalized spacial score (nSPS) is 15.1. The standard InChI is InChI=1S/C14H14BrN5/c15-11-4-6-12(7-5-11)20-17-13(10-16)14(18-20)19-8-2-1-3-9-19/h4-7H,1-3,8-9H2. The topological polar surface area (TPSA) is 57.7 Å². The van der Waals surface area contributed by atoms with Crippen LogP contribution in [0.5, 0.6) is 0 Å². The summed E-state index contributed by atoms with van der Waals surface area (Å²) in [6.07, 6.45) is 3.55. The van der Waals surface area contributed by atoms with Gasteiger partial charge in [-0.05, 0) is 43.5 Å². The van der Waals surface area contributed by atoms with Gasteiger partial charge in [-0.25, -0.2) is 0 Å². The first kappa shape index (κ1) is 13.1. The van der Waals surface area contributed by atoms with Gasteiger partial charge in [0.2, 0.25) is 5.69 Å². The molecule has 20 heavy (non-hydrogen) atoms. The van der Waals surface area contributed by atoms with Gasteiger partial charge in [-0.1, -0.05) is 15.9 Å². The lowest BCUT2D eigenvalue weighted by Crippen LogP contribution is -2.30. The second-order valence-corrected chi connectivity index (χ2v) is 5.71. The quantitative estimate of drug-likeness (QED) is 0.848. The van der Waals surface area contributed by atoms with Crippen LogP contribution in [-0.2, 0) is 0 Å². The molecule has 0 unspecified atom stereocenters. The van der Waals surface area contributed by atoms with Crippen molar-refractivity contribution in [1.82, 2.24) is 15.0 Å². The summed E-state index contributed by atoms with van der Waals surface area (Å²) in [5.41, 5.74) is 1.25. The second kappa shape index (κ2) is 5.63. The Labute approximate surface area is 125 Å². The highest BCUT2D eigenvalue weighted by atomic mass is 79.9. The van der Waals surface area contributed by atoms with E-state index in [9.17, 15) is 5.26 Å². The highest BCUT2D eigenvalue weighted by molar-refractivity contribution is 9.10. The van der Waals surface area contributed by atoms with Crippen LogP contribution < -0.4 is 4.90 Å². The monoisotopic (exact) mass is 331 g/mol. The Kier molecular flexibility index (Phi) is 3.70. The molecule has 0 saturated carbocycles. The molecule has 0 aliphatic carbocycles. The zero-order valence-electron chi connectivity index (χ0n) is 11.0. The minimum Gasteiger partial charge on any atom is -0.353 e. The fourth-order valence-corrected chi connectivity index (χ4v) is 2.64. The van der Waals surface area contributed by atoms with Gasteiger partial charge in [0.1, 0.15) is 6.07 Å². The molecule has 0 N–H and O–H groups in total. The maximum atomic E-state index is 9.25. The van der Waals surface area contributed by atoms with E-state index in [0.29, 0.717) is 11.5 Å². The maximum Gasteiger partial charge on any atom is 0.207 e. The summed E-state index contributed by atoms with van der Waals surface area (Å²) < 4.78 is 1.00. The maximum absolute atomic E-state index is 9.25. The van der Waals surface area contributed by atoms with E-state index in [4.69, 9.17) is 0 Å². The molecule has 1 aliphatic rings. The molecule has 102 valence electrons. The minimum absolute atomic E-state index is 0.398. The van der Waals surface area contributed by atoms with Crippen molar-refractivity contribution < 1.29 is 0 Å². The molecular formula is C14H14BrN5. The van der Waals surface area contributed by atoms with E-state index in [1.165, 1.54) is 11.2 Å². The Bertz CT molecular complexity index is 635. The average molecular weight is 332 g/mol. The number of aromatic nitrogens is 3. The fourth-order valence-electron chi connectivity index (χ4n) is 2.38. The van der Waals surface area contributed by atoms with Crippen molar-refractivity contribution in [2.24, 2.45) is 0 Å². The molecule has 3 rings (SSSR count). The molecule has 0 bridgehead atoms. The number of nitriles is 1. The van der Waals surface area contributed by atoms with Crippen LogP contribution in [0.25, 0.3) is 5.69 Å². The van der Waals surface area contributed by atoms with Gasteiger partial charge in [-0.3, -0.25) is 0 Å². The molecule has 0 spiro atoms. The minimum atomic E-state index is 0.398. The molecule has 1 saturated heterocycles. The van der Waals surface area contributed by atoms with Crippen LogP contribution in [0.15, 0.2) is 28.7 Å². The first-order valence-corrected chi connectivity index (χ1v) is 7.45. The van der Waals surface area contributed by atoms with Gasteiger partial charge in [-0.15, -0.1) is 15.0 Å². The molecule has 0 atom stereocenters. The molecule has 1 aromatic carbocycles. The summed E-state index contributed by atoms with van der Waals surface area (Å²) >= 11 is 3.40. The largest absolute Gasteiger partial charge is 0.353 e. The molecule has 2 aromatic rings. The third kappa shape index (κ3) is 2.54. The van der Waals surface area contributed by atoms with E-state index in [1.54, 1.807) is 0 Å². The number of anilines is 1. The van der Waals surface area contributed by atoms with Crippen LogP contribution in [0.4, 0.5) is 5.82 Å². The van der Waals surface area contributed by atoms with Crippen molar-refractivity contribution in [2.75, 3.05) is 18.0 Å². The summed E-state index contributed by atoms with van der Waals surface area (Å²) in [6.45, 7) is 1.90. The highest BCUT2D eigenvalue weighted by Gasteiger charge is 2.20. The predicted molar refractivity (Wildman–Crippen MR) is 79.8 cm³/mol. The van der Waals surface area contributed by atoms with Gasteiger partial charge in [0, 0.05) is 17.6 Å². The van der Waals surface area contributed by atoms with E-state index < -0.39 is 0 Å². The molecule has 0 radical (unpaired) electrons. The van der Waals surface area contributed by atoms with E-state index in [0.717, 1.165) is 36.1 Å². The van der Waals surface area contributed by atoms with Gasteiger partial charge in [0.15, 0.2) is 5.82 Å². The van der Waals surface area contributed by atoms with Crippen molar-refractivity contribution in [1.29, 1.82) is 5.26 Å². The first-order chi connectivity index (χ1) is 9.78. The molecule has 5 nitrogen and oxygen atoms in total. The predicted octanol–water partition coefficient (Wildman–Crippen LogP) is 2.89. The number of piperidine rings is 1. The van der Waals surface area contributed by atoms with Crippen molar-refractivity contribution >= 4 is 21.7 Å². The molecule has 0 amide bonds. The van der Waals surface area contributed by atoms with Gasteiger partial charge >= 0.3 is 0 Å². The summed E-state index contributed by atoms with van der Waals surface area (Å²) in [4.78, 5) is 3.69. The number of nitrogens with zero attached hydrogens (tertiary/aromatic N) is 5. The molecule has 1 aromatic heterocycles. The lowest BCUT2D eigenvalue weighted by atomic mass is 10.1. The number of benzene rings is 1. The molecular weight excluding hydrogens is 318 g/mol. The molecule has 2 heterocycles. The third-order valence-corrected chi connectivity index (χ3v) is 3.94. The first-order valence-electron chi connectivity index (χ1n) is 6.66. The number of halogens is 1. The Balaban J connectivity index is 1.96. The smallest absolute Gasteiger partial charge is 0.207 e. The second-order valence-electron chi connectivity index (χ2n) is 4.80. The average Bonchev–Trinajstić information content (AvgIpc) is 2.93. The van der Waals surface area contributed by atoms with Crippen LogP contribution in [0.1, 0.15) is 25.0 Å². The Morgan fingerprint density at radius 3 is 2.40 bits per heavy atom. The van der Waals surface area contributed by atoms with Crippen molar-refractivity contribution in [3.05, 3.63) is 34.4 Å².